The zero-order valence-electron chi connectivity index (χ0n) is 31.3. The molecule has 1 saturated carbocycles. The van der Waals surface area contributed by atoms with Crippen molar-refractivity contribution in [3.8, 4) is 0 Å². The molecule has 0 bridgehead atoms. The number of rotatable bonds is 20. The van der Waals surface area contributed by atoms with Gasteiger partial charge in [0.25, 0.3) is 0 Å². The topological polar surface area (TPSA) is 306 Å². The number of carbonyl (C=O) groups excluding carboxylic acids is 7. The molecule has 0 heterocycles. The molecule has 1 aromatic rings. The average Bonchev–Trinajstić information content (AvgIpc) is 3.12. The van der Waals surface area contributed by atoms with Gasteiger partial charge in [0.1, 0.15) is 29.9 Å². The van der Waals surface area contributed by atoms with E-state index in [0.29, 0.717) is 11.1 Å². The van der Waals surface area contributed by atoms with Gasteiger partial charge >= 0.3 is 18.1 Å². The van der Waals surface area contributed by atoms with Gasteiger partial charge in [0.05, 0.1) is 0 Å². The molecule has 1 fully saturated rings. The van der Waals surface area contributed by atoms with Gasteiger partial charge in [0.15, 0.2) is 5.96 Å². The van der Waals surface area contributed by atoms with Crippen molar-refractivity contribution in [3.05, 3.63) is 35.4 Å². The molecule has 0 spiro atoms. The monoisotopic (exact) mass is 796 g/mol. The van der Waals surface area contributed by atoms with E-state index in [-0.39, 0.29) is 49.9 Å². The first-order chi connectivity index (χ1) is 26.2. The third-order valence-electron chi connectivity index (χ3n) is 9.04. The van der Waals surface area contributed by atoms with Crippen LogP contribution in [-0.4, -0.2) is 103 Å². The summed E-state index contributed by atoms with van der Waals surface area (Å²) in [6.45, 7) is 0.0806. The maximum Gasteiger partial charge on any atom is 0.491 e. The van der Waals surface area contributed by atoms with Crippen LogP contribution in [0.3, 0.4) is 0 Å². The Kier molecular flexibility index (Phi) is 18.2. The van der Waals surface area contributed by atoms with Crippen LogP contribution in [0, 0.1) is 22.7 Å². The molecule has 310 valence electrons. The third-order valence-corrected chi connectivity index (χ3v) is 9.04. The molecule has 5 amide bonds. The van der Waals surface area contributed by atoms with Crippen molar-refractivity contribution in [1.29, 1.82) is 10.8 Å². The smallest absolute Gasteiger partial charge is 0.386 e. The van der Waals surface area contributed by atoms with Crippen LogP contribution in [-0.2, 0) is 44.7 Å². The second kappa shape index (κ2) is 22.0. The standard InChI is InChI=1S/C35H51F3N10O8/c1-48(2)32(54)22(17-20-10-12-21(13-11-20)27(39)40)29(51)45-24(14-15-26(49)56-33(55)35(36,37)38)31(53)46-23(9-6-16-44-34(42)43)30(52)47-25(28(41)50)18-19-7-4-3-5-8-19/h10-13,19,22-25H,3-9,14-18H2,1-2H3,(H3,39,40)(H2,41,50)(H,45,51)(H,46,53)(H,47,52)(H4,42,43,44)/t22?,23-,24-,25-/m0/s1. The third kappa shape index (κ3) is 15.9. The summed E-state index contributed by atoms with van der Waals surface area (Å²) in [7, 11) is 2.74. The highest BCUT2D eigenvalue weighted by molar-refractivity contribution is 6.02. The van der Waals surface area contributed by atoms with E-state index in [2.05, 4.69) is 26.0 Å². The SMILES string of the molecule is CN(C)C(=O)C(Cc1ccc(C(=N)N)cc1)C(=O)N[C@@H](CCC(=O)OC(=O)C(F)(F)F)C(=O)N[C@@H](CCCNC(=N)N)C(=O)N[C@@H](CC1CCCCC1)C(N)=O. The molecule has 0 aliphatic heterocycles. The summed E-state index contributed by atoms with van der Waals surface area (Å²) in [5.41, 5.74) is 17.3. The molecule has 18 nitrogen and oxygen atoms in total. The average molecular weight is 797 g/mol. The van der Waals surface area contributed by atoms with Gasteiger partial charge in [0.2, 0.25) is 29.5 Å². The van der Waals surface area contributed by atoms with Crippen molar-refractivity contribution in [2.24, 2.45) is 29.0 Å². The summed E-state index contributed by atoms with van der Waals surface area (Å²) >= 11 is 0. The molecule has 56 heavy (non-hydrogen) atoms. The first kappa shape index (κ1) is 46.4. The summed E-state index contributed by atoms with van der Waals surface area (Å²) < 4.78 is 42.1. The number of hydrogen-bond acceptors (Lipinski definition) is 10. The molecule has 0 radical (unpaired) electrons. The molecule has 1 unspecified atom stereocenters. The van der Waals surface area contributed by atoms with Gasteiger partial charge in [-0.15, -0.1) is 0 Å². The van der Waals surface area contributed by atoms with Crippen LogP contribution in [0.15, 0.2) is 24.3 Å². The minimum absolute atomic E-state index is 0.0806. The van der Waals surface area contributed by atoms with Crippen molar-refractivity contribution in [1.82, 2.24) is 26.2 Å². The lowest BCUT2D eigenvalue weighted by Gasteiger charge is -2.28. The first-order valence-corrected chi connectivity index (χ1v) is 17.9. The highest BCUT2D eigenvalue weighted by atomic mass is 19.4. The minimum atomic E-state index is -5.50. The molecule has 1 aliphatic rings. The van der Waals surface area contributed by atoms with Crippen molar-refractivity contribution in [2.75, 3.05) is 20.6 Å². The van der Waals surface area contributed by atoms with E-state index in [1.807, 2.05) is 0 Å². The summed E-state index contributed by atoms with van der Waals surface area (Å²) in [4.78, 5) is 91.5. The maximum atomic E-state index is 13.9. The van der Waals surface area contributed by atoms with Gasteiger partial charge < -0.3 is 48.1 Å². The van der Waals surface area contributed by atoms with Crippen LogP contribution in [0.2, 0.25) is 0 Å². The molecule has 0 aromatic heterocycles. The van der Waals surface area contributed by atoms with Crippen LogP contribution in [0.25, 0.3) is 0 Å². The predicted molar refractivity (Wildman–Crippen MR) is 195 cm³/mol. The van der Waals surface area contributed by atoms with E-state index in [1.165, 1.54) is 38.4 Å². The predicted octanol–water partition coefficient (Wildman–Crippen LogP) is -0.197. The van der Waals surface area contributed by atoms with Crippen LogP contribution in [0.5, 0.6) is 0 Å². The fourth-order valence-corrected chi connectivity index (χ4v) is 6.02. The quantitative estimate of drug-likeness (QED) is 0.0274. The number of nitrogen functional groups attached to an aromatic ring is 1. The van der Waals surface area contributed by atoms with E-state index in [4.69, 9.17) is 28.0 Å². The number of nitrogens with zero attached hydrogens (tertiary/aromatic N) is 1. The normalized spacial score (nSPS) is 15.2. The van der Waals surface area contributed by atoms with Crippen molar-refractivity contribution in [2.45, 2.75) is 94.9 Å². The van der Waals surface area contributed by atoms with Crippen molar-refractivity contribution < 1.29 is 51.5 Å². The van der Waals surface area contributed by atoms with E-state index < -0.39 is 84.5 Å². The Balaban J connectivity index is 2.41. The Hall–Kier alpha value is -5.76. The highest BCUT2D eigenvalue weighted by Gasteiger charge is 2.42. The number of nitrogens with two attached hydrogens (primary N) is 3. The number of hydrogen-bond donors (Lipinski definition) is 9. The number of primary amides is 1. The Morgan fingerprint density at radius 3 is 1.91 bits per heavy atom. The van der Waals surface area contributed by atoms with Crippen molar-refractivity contribution >= 4 is 53.3 Å². The van der Waals surface area contributed by atoms with Crippen molar-refractivity contribution in [3.63, 3.8) is 0 Å². The van der Waals surface area contributed by atoms with Gasteiger partial charge in [-0.3, -0.25) is 39.6 Å². The zero-order chi connectivity index (χ0) is 42.2. The number of halogens is 3. The van der Waals surface area contributed by atoms with Crippen LogP contribution in [0.1, 0.15) is 75.3 Å². The molecule has 12 N–H and O–H groups in total. The number of nitrogens with one attached hydrogen (secondary N) is 6. The number of amides is 5. The molecule has 4 atom stereocenters. The second-order valence-electron chi connectivity index (χ2n) is 13.7. The number of esters is 2. The molecule has 1 aliphatic carbocycles. The molecular weight excluding hydrogens is 745 g/mol. The van der Waals surface area contributed by atoms with E-state index in [0.717, 1.165) is 37.0 Å². The van der Waals surface area contributed by atoms with Gasteiger partial charge in [-0.25, -0.2) is 4.79 Å². The fraction of sp³-hybridized carbons (Fsp3) is 0.571. The maximum absolute atomic E-state index is 13.9. The number of carbonyl (C=O) groups is 7. The summed E-state index contributed by atoms with van der Waals surface area (Å²) in [6, 6.07) is 1.73. The van der Waals surface area contributed by atoms with Gasteiger partial charge in [0, 0.05) is 32.6 Å². The molecule has 0 saturated heterocycles. The van der Waals surface area contributed by atoms with E-state index in [1.54, 1.807) is 0 Å². The van der Waals surface area contributed by atoms with E-state index in [9.17, 15) is 46.7 Å². The summed E-state index contributed by atoms with van der Waals surface area (Å²) in [5.74, 6) is -11.0. The van der Waals surface area contributed by atoms with Crippen LogP contribution in [0.4, 0.5) is 13.2 Å². The lowest BCUT2D eigenvalue weighted by molar-refractivity contribution is -0.201. The molecule has 1 aromatic carbocycles. The summed E-state index contributed by atoms with van der Waals surface area (Å²) in [5, 5.41) is 24.9. The number of ether oxygens (including phenoxy) is 1. The summed E-state index contributed by atoms with van der Waals surface area (Å²) in [6.07, 6.45) is -2.60. The number of alkyl halides is 3. The lowest BCUT2D eigenvalue weighted by atomic mass is 9.84. The minimum Gasteiger partial charge on any atom is -0.386 e. The highest BCUT2D eigenvalue weighted by Crippen LogP contribution is 2.27. The molecular formula is C35H51F3N10O8. The number of amidine groups is 1. The van der Waals surface area contributed by atoms with Gasteiger partial charge in [-0.2, -0.15) is 13.2 Å². The fourth-order valence-electron chi connectivity index (χ4n) is 6.02. The van der Waals surface area contributed by atoms with Gasteiger partial charge in [-0.1, -0.05) is 56.4 Å². The lowest BCUT2D eigenvalue weighted by Crippen LogP contribution is -2.57. The number of benzene rings is 1. The zero-order valence-corrected chi connectivity index (χ0v) is 31.3. The largest absolute Gasteiger partial charge is 0.491 e. The van der Waals surface area contributed by atoms with Crippen LogP contribution < -0.4 is 38.5 Å². The molecule has 2 rings (SSSR count). The Morgan fingerprint density at radius 2 is 1.39 bits per heavy atom. The van der Waals surface area contributed by atoms with E-state index >= 15 is 0 Å². The Bertz CT molecular complexity index is 1600. The first-order valence-electron chi connectivity index (χ1n) is 17.9. The van der Waals surface area contributed by atoms with Gasteiger partial charge in [-0.05, 0) is 43.6 Å². The second-order valence-corrected chi connectivity index (χ2v) is 13.7. The Labute approximate surface area is 321 Å². The van der Waals surface area contributed by atoms with Crippen LogP contribution >= 0.6 is 0 Å². The Morgan fingerprint density at radius 1 is 0.839 bits per heavy atom. The molecule has 21 heteroatoms. The number of guanidine groups is 1.